The first-order chi connectivity index (χ1) is 7.76. The first-order valence-electron chi connectivity index (χ1n) is 5.42. The minimum atomic E-state index is -0.0225. The maximum Gasteiger partial charge on any atom is 0.225 e. The molecule has 0 aliphatic carbocycles. The third-order valence-corrected chi connectivity index (χ3v) is 2.17. The number of hydrogen-bond donors (Lipinski definition) is 1. The fourth-order valence-electron chi connectivity index (χ4n) is 1.27. The summed E-state index contributed by atoms with van der Waals surface area (Å²) >= 11 is 0. The highest BCUT2D eigenvalue weighted by Gasteiger charge is 2.02. The van der Waals surface area contributed by atoms with E-state index < -0.39 is 0 Å². The van der Waals surface area contributed by atoms with Gasteiger partial charge in [0, 0.05) is 12.6 Å². The molecule has 0 aromatic carbocycles. The number of aromatic nitrogens is 1. The molecule has 0 aliphatic heterocycles. The van der Waals surface area contributed by atoms with E-state index in [1.54, 1.807) is 12.1 Å². The summed E-state index contributed by atoms with van der Waals surface area (Å²) in [6.07, 6.45) is 5.03. The van der Waals surface area contributed by atoms with Crippen LogP contribution in [0.4, 0.5) is 5.82 Å². The summed E-state index contributed by atoms with van der Waals surface area (Å²) in [7, 11) is 0. The van der Waals surface area contributed by atoms with Gasteiger partial charge in [0.2, 0.25) is 5.91 Å². The van der Waals surface area contributed by atoms with E-state index in [9.17, 15) is 4.79 Å². The van der Waals surface area contributed by atoms with Crippen molar-refractivity contribution in [3.8, 4) is 6.07 Å². The second kappa shape index (κ2) is 6.57. The van der Waals surface area contributed by atoms with E-state index in [0.29, 0.717) is 17.8 Å². The van der Waals surface area contributed by atoms with Crippen molar-refractivity contribution >= 4 is 11.7 Å². The van der Waals surface area contributed by atoms with Gasteiger partial charge in [0.25, 0.3) is 0 Å². The van der Waals surface area contributed by atoms with E-state index in [1.165, 1.54) is 6.20 Å². The van der Waals surface area contributed by atoms with Crippen LogP contribution in [-0.2, 0) is 4.79 Å². The Balaban J connectivity index is 2.41. The van der Waals surface area contributed by atoms with Crippen LogP contribution in [0.5, 0.6) is 0 Å². The van der Waals surface area contributed by atoms with Crippen LogP contribution in [0.15, 0.2) is 18.3 Å². The summed E-state index contributed by atoms with van der Waals surface area (Å²) in [6.45, 7) is 2.10. The molecule has 1 aromatic heterocycles. The summed E-state index contributed by atoms with van der Waals surface area (Å²) in [6, 6.07) is 5.24. The molecule has 0 saturated carbocycles. The molecule has 1 aromatic rings. The SMILES string of the molecule is CCCCCC(=O)Nc1ccc(C#N)cn1. The largest absolute Gasteiger partial charge is 0.311 e. The normalized spacial score (nSPS) is 9.50. The van der Waals surface area contributed by atoms with Crippen LogP contribution in [0.3, 0.4) is 0 Å². The fraction of sp³-hybridized carbons (Fsp3) is 0.417. The fourth-order valence-corrected chi connectivity index (χ4v) is 1.27. The number of pyridine rings is 1. The van der Waals surface area contributed by atoms with Gasteiger partial charge in [-0.1, -0.05) is 19.8 Å². The zero-order chi connectivity index (χ0) is 11.8. The van der Waals surface area contributed by atoms with Gasteiger partial charge < -0.3 is 5.32 Å². The molecule has 0 aliphatic rings. The molecule has 0 spiro atoms. The third kappa shape index (κ3) is 4.09. The van der Waals surface area contributed by atoms with Crippen LogP contribution in [0.1, 0.15) is 38.2 Å². The number of carbonyl (C=O) groups excluding carboxylic acids is 1. The van der Waals surface area contributed by atoms with Crippen LogP contribution < -0.4 is 5.32 Å². The quantitative estimate of drug-likeness (QED) is 0.770. The number of rotatable bonds is 5. The lowest BCUT2D eigenvalue weighted by atomic mass is 10.2. The van der Waals surface area contributed by atoms with Crippen molar-refractivity contribution in [2.75, 3.05) is 5.32 Å². The highest BCUT2D eigenvalue weighted by atomic mass is 16.1. The number of amides is 1. The van der Waals surface area contributed by atoms with Crippen molar-refractivity contribution in [2.45, 2.75) is 32.6 Å². The number of unbranched alkanes of at least 4 members (excludes halogenated alkanes) is 2. The lowest BCUT2D eigenvalue weighted by Crippen LogP contribution is -2.12. The van der Waals surface area contributed by atoms with Crippen molar-refractivity contribution in [1.29, 1.82) is 5.26 Å². The van der Waals surface area contributed by atoms with Gasteiger partial charge >= 0.3 is 0 Å². The van der Waals surface area contributed by atoms with Gasteiger partial charge in [-0.3, -0.25) is 4.79 Å². The van der Waals surface area contributed by atoms with Crippen molar-refractivity contribution < 1.29 is 4.79 Å². The van der Waals surface area contributed by atoms with Gasteiger partial charge in [0.05, 0.1) is 5.56 Å². The van der Waals surface area contributed by atoms with Gasteiger partial charge in [0.15, 0.2) is 0 Å². The minimum absolute atomic E-state index is 0.0225. The summed E-state index contributed by atoms with van der Waals surface area (Å²) in [5.74, 6) is 0.478. The molecule has 0 atom stereocenters. The maximum absolute atomic E-state index is 11.4. The third-order valence-electron chi connectivity index (χ3n) is 2.17. The van der Waals surface area contributed by atoms with Crippen LogP contribution in [0, 0.1) is 11.3 Å². The zero-order valence-corrected chi connectivity index (χ0v) is 9.36. The summed E-state index contributed by atoms with van der Waals surface area (Å²) in [5, 5.41) is 11.3. The standard InChI is InChI=1S/C12H15N3O/c1-2-3-4-5-12(16)15-11-7-6-10(8-13)9-14-11/h6-7,9H,2-5H2,1H3,(H,14,15,16). The Labute approximate surface area is 95.3 Å². The Morgan fingerprint density at radius 3 is 2.88 bits per heavy atom. The van der Waals surface area contributed by atoms with Crippen LogP contribution >= 0.6 is 0 Å². The Hall–Kier alpha value is -1.89. The predicted octanol–water partition coefficient (Wildman–Crippen LogP) is 2.47. The Bertz CT molecular complexity index is 378. The first kappa shape index (κ1) is 12.2. The second-order valence-electron chi connectivity index (χ2n) is 3.55. The monoisotopic (exact) mass is 217 g/mol. The van der Waals surface area contributed by atoms with Crippen LogP contribution in [-0.4, -0.2) is 10.9 Å². The molecule has 0 fully saturated rings. The highest BCUT2D eigenvalue weighted by Crippen LogP contribution is 2.06. The molecular weight excluding hydrogens is 202 g/mol. The van der Waals surface area contributed by atoms with E-state index >= 15 is 0 Å². The molecule has 4 heteroatoms. The van der Waals surface area contributed by atoms with Gasteiger partial charge in [-0.05, 0) is 18.6 Å². The molecule has 84 valence electrons. The summed E-state index contributed by atoms with van der Waals surface area (Å²) < 4.78 is 0. The van der Waals surface area contributed by atoms with E-state index in [0.717, 1.165) is 19.3 Å². The molecule has 1 heterocycles. The number of anilines is 1. The molecule has 0 bridgehead atoms. The average molecular weight is 217 g/mol. The molecule has 4 nitrogen and oxygen atoms in total. The summed E-state index contributed by atoms with van der Waals surface area (Å²) in [5.41, 5.74) is 0.490. The Morgan fingerprint density at radius 1 is 1.50 bits per heavy atom. The average Bonchev–Trinajstić information content (AvgIpc) is 2.30. The molecule has 1 rings (SSSR count). The zero-order valence-electron chi connectivity index (χ0n) is 9.36. The lowest BCUT2D eigenvalue weighted by molar-refractivity contribution is -0.116. The van der Waals surface area contributed by atoms with Crippen molar-refractivity contribution in [2.24, 2.45) is 0 Å². The van der Waals surface area contributed by atoms with Crippen molar-refractivity contribution in [3.05, 3.63) is 23.9 Å². The number of nitrogens with zero attached hydrogens (tertiary/aromatic N) is 2. The molecule has 0 saturated heterocycles. The number of nitrogens with one attached hydrogen (secondary N) is 1. The van der Waals surface area contributed by atoms with Gasteiger partial charge in [-0.25, -0.2) is 4.98 Å². The molecule has 0 unspecified atom stereocenters. The second-order valence-corrected chi connectivity index (χ2v) is 3.55. The molecule has 0 radical (unpaired) electrons. The molecular formula is C12H15N3O. The smallest absolute Gasteiger partial charge is 0.225 e. The molecule has 1 N–H and O–H groups in total. The predicted molar refractivity (Wildman–Crippen MR) is 61.7 cm³/mol. The lowest BCUT2D eigenvalue weighted by Gasteiger charge is -2.03. The molecule has 16 heavy (non-hydrogen) atoms. The van der Waals surface area contributed by atoms with E-state index in [4.69, 9.17) is 5.26 Å². The van der Waals surface area contributed by atoms with E-state index in [2.05, 4.69) is 17.2 Å². The van der Waals surface area contributed by atoms with Crippen LogP contribution in [0.25, 0.3) is 0 Å². The molecule has 1 amide bonds. The Morgan fingerprint density at radius 2 is 2.31 bits per heavy atom. The maximum atomic E-state index is 11.4. The topological polar surface area (TPSA) is 65.8 Å². The number of nitriles is 1. The summed E-state index contributed by atoms with van der Waals surface area (Å²) in [4.78, 5) is 15.4. The number of carbonyl (C=O) groups is 1. The van der Waals surface area contributed by atoms with Crippen molar-refractivity contribution in [3.63, 3.8) is 0 Å². The van der Waals surface area contributed by atoms with Gasteiger partial charge in [-0.15, -0.1) is 0 Å². The van der Waals surface area contributed by atoms with Crippen LogP contribution in [0.2, 0.25) is 0 Å². The van der Waals surface area contributed by atoms with Crippen molar-refractivity contribution in [1.82, 2.24) is 4.98 Å². The first-order valence-corrected chi connectivity index (χ1v) is 5.42. The Kier molecular flexibility index (Phi) is 5.00. The van der Waals surface area contributed by atoms with Gasteiger partial charge in [0.1, 0.15) is 11.9 Å². The van der Waals surface area contributed by atoms with E-state index in [-0.39, 0.29) is 5.91 Å². The highest BCUT2D eigenvalue weighted by molar-refractivity contribution is 5.89. The van der Waals surface area contributed by atoms with E-state index in [1.807, 2.05) is 6.07 Å². The van der Waals surface area contributed by atoms with Gasteiger partial charge in [-0.2, -0.15) is 5.26 Å². The number of hydrogen-bond acceptors (Lipinski definition) is 3. The minimum Gasteiger partial charge on any atom is -0.311 e.